The molecule has 0 aliphatic carbocycles. The van der Waals surface area contributed by atoms with Gasteiger partial charge in [0.2, 0.25) is 0 Å². The van der Waals surface area contributed by atoms with E-state index in [1.807, 2.05) is 42.6 Å². The molecule has 0 saturated heterocycles. The number of rotatable bonds is 6. The molecule has 2 N–H and O–H groups in total. The molecule has 0 bridgehead atoms. The normalized spacial score (nSPS) is 12.1. The number of allylic oxidation sites excluding steroid dienone is 3. The molecule has 0 radical (unpaired) electrons. The largest absolute Gasteiger partial charge is 0.405 e. The van der Waals surface area contributed by atoms with Gasteiger partial charge in [0.05, 0.1) is 16.7 Å². The molecule has 210 valence electrons. The Morgan fingerprint density at radius 2 is 1.27 bits per heavy atom. The topological polar surface area (TPSA) is 74.5 Å². The SMILES string of the molecule is N/C=C\C=C/Cc1cc(-c2ccccn2)cc(-n2c3ccccc3c3nc4c5ccccc5n(-c5ccccc5)c4nc32)c1. The fraction of sp³-hybridized carbons (Fsp3) is 0.0263. The first-order valence-corrected chi connectivity index (χ1v) is 14.6. The lowest BCUT2D eigenvalue weighted by molar-refractivity contribution is 1.09. The predicted octanol–water partition coefficient (Wildman–Crippen LogP) is 8.30. The first-order chi connectivity index (χ1) is 21.8. The van der Waals surface area contributed by atoms with Gasteiger partial charge in [0.1, 0.15) is 11.0 Å². The van der Waals surface area contributed by atoms with Gasteiger partial charge in [0.15, 0.2) is 11.3 Å². The monoisotopic (exact) mass is 568 g/mol. The molecule has 44 heavy (non-hydrogen) atoms. The van der Waals surface area contributed by atoms with Crippen LogP contribution in [0, 0.1) is 0 Å². The number of hydrogen-bond donors (Lipinski definition) is 1. The minimum atomic E-state index is 0.743. The van der Waals surface area contributed by atoms with E-state index in [2.05, 4.69) is 111 Å². The molecule has 0 spiro atoms. The van der Waals surface area contributed by atoms with Crippen LogP contribution in [0.2, 0.25) is 0 Å². The van der Waals surface area contributed by atoms with Crippen LogP contribution >= 0.6 is 0 Å². The summed E-state index contributed by atoms with van der Waals surface area (Å²) >= 11 is 0. The molecule has 4 heterocycles. The van der Waals surface area contributed by atoms with E-state index < -0.39 is 0 Å². The molecule has 8 rings (SSSR count). The third kappa shape index (κ3) is 4.24. The van der Waals surface area contributed by atoms with Gasteiger partial charge in [-0.2, -0.15) is 0 Å². The van der Waals surface area contributed by atoms with Crippen molar-refractivity contribution in [1.82, 2.24) is 24.1 Å². The lowest BCUT2D eigenvalue weighted by Gasteiger charge is -2.12. The fourth-order valence-corrected chi connectivity index (χ4v) is 6.11. The molecule has 6 nitrogen and oxygen atoms in total. The Labute approximate surface area is 254 Å². The van der Waals surface area contributed by atoms with Gasteiger partial charge in [-0.3, -0.25) is 14.1 Å². The minimum absolute atomic E-state index is 0.743. The van der Waals surface area contributed by atoms with Crippen molar-refractivity contribution in [3.05, 3.63) is 151 Å². The van der Waals surface area contributed by atoms with Crippen LogP contribution in [-0.2, 0) is 6.42 Å². The van der Waals surface area contributed by atoms with Crippen molar-refractivity contribution in [3.63, 3.8) is 0 Å². The van der Waals surface area contributed by atoms with Crippen molar-refractivity contribution in [3.8, 4) is 22.6 Å². The molecule has 4 aromatic carbocycles. The summed E-state index contributed by atoms with van der Waals surface area (Å²) in [5.74, 6) is 0. The summed E-state index contributed by atoms with van der Waals surface area (Å²) in [6.07, 6.45) is 10.0. The van der Waals surface area contributed by atoms with Gasteiger partial charge >= 0.3 is 0 Å². The Hall–Kier alpha value is -6.01. The molecular formula is C38H28N6. The maximum atomic E-state index is 5.56. The zero-order chi connectivity index (χ0) is 29.5. The van der Waals surface area contributed by atoms with E-state index in [0.29, 0.717) is 0 Å². The third-order valence-corrected chi connectivity index (χ3v) is 8.01. The second-order valence-corrected chi connectivity index (χ2v) is 10.7. The number of nitrogens with zero attached hydrogens (tertiary/aromatic N) is 5. The van der Waals surface area contributed by atoms with Crippen LogP contribution in [0.4, 0.5) is 0 Å². The summed E-state index contributed by atoms with van der Waals surface area (Å²) in [4.78, 5) is 15.5. The zero-order valence-corrected chi connectivity index (χ0v) is 23.9. The summed E-state index contributed by atoms with van der Waals surface area (Å²) in [5, 5.41) is 2.14. The standard InChI is InChI=1S/C38H28N6/c39-21-11-2-3-13-26-23-27(32-18-10-12-22-40-32)25-29(24-26)44-34-20-9-7-17-31(34)36-38(44)42-37-35(41-36)30-16-6-8-19-33(30)43(37)28-14-4-1-5-15-28/h1-12,14-25H,13,39H2/b3-2-,21-11-. The Morgan fingerprint density at radius 3 is 1.95 bits per heavy atom. The molecule has 0 aliphatic heterocycles. The van der Waals surface area contributed by atoms with Crippen molar-refractivity contribution in [1.29, 1.82) is 0 Å². The number of nitrogens with two attached hydrogens (primary N) is 1. The number of para-hydroxylation sites is 3. The average molecular weight is 569 g/mol. The second kappa shape index (κ2) is 10.7. The van der Waals surface area contributed by atoms with Crippen LogP contribution in [0.3, 0.4) is 0 Å². The van der Waals surface area contributed by atoms with Crippen molar-refractivity contribution < 1.29 is 0 Å². The van der Waals surface area contributed by atoms with Crippen molar-refractivity contribution in [2.45, 2.75) is 6.42 Å². The summed E-state index contributed by atoms with van der Waals surface area (Å²) in [6, 6.07) is 39.8. The highest BCUT2D eigenvalue weighted by atomic mass is 15.1. The zero-order valence-electron chi connectivity index (χ0n) is 23.9. The number of benzene rings is 4. The van der Waals surface area contributed by atoms with E-state index in [4.69, 9.17) is 15.7 Å². The van der Waals surface area contributed by atoms with Gasteiger partial charge in [-0.25, -0.2) is 9.97 Å². The highest BCUT2D eigenvalue weighted by Gasteiger charge is 2.21. The van der Waals surface area contributed by atoms with Gasteiger partial charge < -0.3 is 5.73 Å². The van der Waals surface area contributed by atoms with Crippen LogP contribution in [-0.4, -0.2) is 24.1 Å². The van der Waals surface area contributed by atoms with Gasteiger partial charge in [-0.05, 0) is 78.9 Å². The van der Waals surface area contributed by atoms with Crippen LogP contribution in [0.25, 0.3) is 66.8 Å². The van der Waals surface area contributed by atoms with Gasteiger partial charge in [0.25, 0.3) is 0 Å². The molecule has 0 unspecified atom stereocenters. The van der Waals surface area contributed by atoms with Gasteiger partial charge in [-0.15, -0.1) is 0 Å². The molecule has 0 amide bonds. The summed E-state index contributed by atoms with van der Waals surface area (Å²) in [7, 11) is 0. The van der Waals surface area contributed by atoms with Crippen molar-refractivity contribution in [2.75, 3.05) is 0 Å². The number of pyridine rings is 1. The Balaban J connectivity index is 1.45. The number of fused-ring (bicyclic) bond motifs is 6. The quantitative estimate of drug-likeness (QED) is 0.205. The van der Waals surface area contributed by atoms with Crippen molar-refractivity contribution >= 4 is 44.1 Å². The first-order valence-electron chi connectivity index (χ1n) is 14.6. The molecule has 0 aliphatic rings. The number of aromatic nitrogens is 5. The van der Waals surface area contributed by atoms with Crippen LogP contribution in [0.1, 0.15) is 5.56 Å². The van der Waals surface area contributed by atoms with E-state index in [-0.39, 0.29) is 0 Å². The van der Waals surface area contributed by atoms with Crippen LogP contribution < -0.4 is 5.73 Å². The molecule has 4 aromatic heterocycles. The summed E-state index contributed by atoms with van der Waals surface area (Å²) in [5.41, 5.74) is 16.3. The van der Waals surface area contributed by atoms with E-state index >= 15 is 0 Å². The van der Waals surface area contributed by atoms with Crippen molar-refractivity contribution in [2.24, 2.45) is 5.73 Å². The predicted molar refractivity (Wildman–Crippen MR) is 180 cm³/mol. The Kier molecular flexibility index (Phi) is 6.23. The van der Waals surface area contributed by atoms with E-state index in [1.165, 1.54) is 0 Å². The lowest BCUT2D eigenvalue weighted by atomic mass is 10.0. The minimum Gasteiger partial charge on any atom is -0.405 e. The molecule has 0 atom stereocenters. The smallest absolute Gasteiger partial charge is 0.166 e. The lowest BCUT2D eigenvalue weighted by Crippen LogP contribution is -2.01. The number of hydrogen-bond acceptors (Lipinski definition) is 4. The molecule has 8 aromatic rings. The third-order valence-electron chi connectivity index (χ3n) is 8.01. The Bertz CT molecular complexity index is 2360. The van der Waals surface area contributed by atoms with E-state index in [1.54, 1.807) is 6.20 Å². The van der Waals surface area contributed by atoms with Crippen LogP contribution in [0.5, 0.6) is 0 Å². The summed E-state index contributed by atoms with van der Waals surface area (Å²) < 4.78 is 4.45. The maximum Gasteiger partial charge on any atom is 0.166 e. The highest BCUT2D eigenvalue weighted by molar-refractivity contribution is 6.12. The Morgan fingerprint density at radius 1 is 0.614 bits per heavy atom. The molecule has 0 saturated carbocycles. The highest BCUT2D eigenvalue weighted by Crippen LogP contribution is 2.36. The molecular weight excluding hydrogens is 540 g/mol. The van der Waals surface area contributed by atoms with Gasteiger partial charge in [-0.1, -0.05) is 72.8 Å². The first kappa shape index (κ1) is 25.7. The fourth-order valence-electron chi connectivity index (χ4n) is 6.11. The summed E-state index contributed by atoms with van der Waals surface area (Å²) in [6.45, 7) is 0. The second-order valence-electron chi connectivity index (χ2n) is 10.7. The van der Waals surface area contributed by atoms with Crippen LogP contribution in [0.15, 0.2) is 146 Å². The van der Waals surface area contributed by atoms with E-state index in [0.717, 1.165) is 78.8 Å². The molecule has 0 fully saturated rings. The maximum absolute atomic E-state index is 5.56. The van der Waals surface area contributed by atoms with E-state index in [9.17, 15) is 0 Å². The average Bonchev–Trinajstić information content (AvgIpc) is 3.58. The van der Waals surface area contributed by atoms with Gasteiger partial charge in [0, 0.05) is 33.9 Å². The molecule has 6 heteroatoms.